The van der Waals surface area contributed by atoms with Gasteiger partial charge in [-0.2, -0.15) is 13.2 Å². The summed E-state index contributed by atoms with van der Waals surface area (Å²) in [5.41, 5.74) is 0.223. The monoisotopic (exact) mass is 424 g/mol. The van der Waals surface area contributed by atoms with Gasteiger partial charge >= 0.3 is 12.1 Å². The van der Waals surface area contributed by atoms with Gasteiger partial charge in [0.2, 0.25) is 5.91 Å². The first-order valence-corrected chi connectivity index (χ1v) is 10.7. The van der Waals surface area contributed by atoms with Crippen LogP contribution < -0.4 is 0 Å². The SMILES string of the molecule is O=C1C[C@H](CCC(=O)N2CC3(CCC(Cc4ccc(C(F)(F)F)nc4)CC3)C2)CO1. The van der Waals surface area contributed by atoms with E-state index in [1.807, 2.05) is 4.90 Å². The lowest BCUT2D eigenvalue weighted by Gasteiger charge is -2.53. The Balaban J connectivity index is 1.18. The van der Waals surface area contributed by atoms with Crippen LogP contribution in [0.4, 0.5) is 13.2 Å². The highest BCUT2D eigenvalue weighted by Crippen LogP contribution is 2.46. The second-order valence-electron chi connectivity index (χ2n) is 9.24. The van der Waals surface area contributed by atoms with Crippen molar-refractivity contribution in [3.63, 3.8) is 0 Å². The number of carbonyl (C=O) groups is 2. The zero-order chi connectivity index (χ0) is 21.4. The minimum Gasteiger partial charge on any atom is -0.465 e. The highest BCUT2D eigenvalue weighted by molar-refractivity contribution is 5.77. The number of amides is 1. The number of aromatic nitrogens is 1. The standard InChI is InChI=1S/C22H27F3N2O3/c23-22(24,25)18-3-1-16(11-26-18)9-15-5-7-21(8-6-15)13-27(14-21)19(28)4-2-17-10-20(29)30-12-17/h1,3,11,15,17H,2,4-10,12-14H2/t17-/m0/s1. The lowest BCUT2D eigenvalue weighted by molar-refractivity contribution is -0.146. The fourth-order valence-electron chi connectivity index (χ4n) is 5.03. The maximum absolute atomic E-state index is 12.6. The molecule has 3 fully saturated rings. The van der Waals surface area contributed by atoms with E-state index in [9.17, 15) is 22.8 Å². The summed E-state index contributed by atoms with van der Waals surface area (Å²) in [4.78, 5) is 29.0. The Kier molecular flexibility index (Phi) is 5.77. The first-order valence-electron chi connectivity index (χ1n) is 10.7. The number of ether oxygens (including phenoxy) is 1. The summed E-state index contributed by atoms with van der Waals surface area (Å²) in [6.07, 6.45) is 3.49. The lowest BCUT2D eigenvalue weighted by atomic mass is 9.65. The van der Waals surface area contributed by atoms with Crippen molar-refractivity contribution in [1.82, 2.24) is 9.88 Å². The number of likely N-dealkylation sites (tertiary alicyclic amines) is 1. The van der Waals surface area contributed by atoms with Gasteiger partial charge in [0.15, 0.2) is 0 Å². The molecule has 3 aliphatic rings. The second kappa shape index (κ2) is 8.19. The first kappa shape index (κ1) is 21.1. The van der Waals surface area contributed by atoms with E-state index in [1.54, 1.807) is 0 Å². The van der Waals surface area contributed by atoms with Crippen LogP contribution in [-0.4, -0.2) is 41.5 Å². The zero-order valence-electron chi connectivity index (χ0n) is 16.9. The third kappa shape index (κ3) is 4.78. The van der Waals surface area contributed by atoms with Gasteiger partial charge in [-0.05, 0) is 56.1 Å². The van der Waals surface area contributed by atoms with Crippen LogP contribution in [0.1, 0.15) is 56.2 Å². The average molecular weight is 424 g/mol. The van der Waals surface area contributed by atoms with E-state index in [2.05, 4.69) is 4.98 Å². The van der Waals surface area contributed by atoms with Crippen molar-refractivity contribution in [3.8, 4) is 0 Å². The van der Waals surface area contributed by atoms with Crippen LogP contribution in [0.2, 0.25) is 0 Å². The van der Waals surface area contributed by atoms with E-state index in [4.69, 9.17) is 4.74 Å². The fourth-order valence-corrected chi connectivity index (χ4v) is 5.03. The molecule has 2 aliphatic heterocycles. The fraction of sp³-hybridized carbons (Fsp3) is 0.682. The van der Waals surface area contributed by atoms with Crippen LogP contribution in [0, 0.1) is 17.3 Å². The van der Waals surface area contributed by atoms with Crippen molar-refractivity contribution in [2.75, 3.05) is 19.7 Å². The van der Waals surface area contributed by atoms with Gasteiger partial charge in [-0.15, -0.1) is 0 Å². The molecule has 0 unspecified atom stereocenters. The van der Waals surface area contributed by atoms with E-state index < -0.39 is 11.9 Å². The maximum atomic E-state index is 12.6. The molecule has 1 amide bonds. The van der Waals surface area contributed by atoms with E-state index in [1.165, 1.54) is 12.3 Å². The number of nitrogens with zero attached hydrogens (tertiary/aromatic N) is 2. The normalized spacial score (nSPS) is 24.0. The molecule has 30 heavy (non-hydrogen) atoms. The summed E-state index contributed by atoms with van der Waals surface area (Å²) in [5.74, 6) is 0.628. The number of alkyl halides is 3. The molecular formula is C22H27F3N2O3. The number of carbonyl (C=O) groups excluding carboxylic acids is 2. The van der Waals surface area contributed by atoms with Crippen molar-refractivity contribution in [2.45, 2.75) is 57.5 Å². The van der Waals surface area contributed by atoms with E-state index in [0.29, 0.717) is 31.8 Å². The minimum absolute atomic E-state index is 0.165. The summed E-state index contributed by atoms with van der Waals surface area (Å²) in [6, 6.07) is 2.59. The number of rotatable bonds is 5. The van der Waals surface area contributed by atoms with Crippen molar-refractivity contribution >= 4 is 11.9 Å². The molecule has 0 radical (unpaired) electrons. The summed E-state index contributed by atoms with van der Waals surface area (Å²) < 4.78 is 42.8. The van der Waals surface area contributed by atoms with Crippen LogP contribution >= 0.6 is 0 Å². The molecule has 8 heteroatoms. The van der Waals surface area contributed by atoms with Gasteiger partial charge in [0.25, 0.3) is 0 Å². The molecule has 3 heterocycles. The first-order chi connectivity index (χ1) is 14.2. The van der Waals surface area contributed by atoms with Crippen LogP contribution in [0.3, 0.4) is 0 Å². The molecule has 0 aromatic carbocycles. The molecule has 1 aromatic rings. The Bertz CT molecular complexity index is 778. The third-order valence-electron chi connectivity index (χ3n) is 6.91. The van der Waals surface area contributed by atoms with E-state index >= 15 is 0 Å². The zero-order valence-corrected chi connectivity index (χ0v) is 16.9. The highest BCUT2D eigenvalue weighted by Gasteiger charge is 2.46. The van der Waals surface area contributed by atoms with Gasteiger partial charge < -0.3 is 9.64 Å². The molecule has 164 valence electrons. The number of halogens is 3. The predicted octanol–water partition coefficient (Wildman–Crippen LogP) is 4.01. The van der Waals surface area contributed by atoms with Gasteiger partial charge in [0, 0.05) is 37.0 Å². The summed E-state index contributed by atoms with van der Waals surface area (Å²) in [7, 11) is 0. The van der Waals surface area contributed by atoms with Gasteiger partial charge in [-0.3, -0.25) is 14.6 Å². The van der Waals surface area contributed by atoms with Gasteiger partial charge in [-0.1, -0.05) is 6.07 Å². The smallest absolute Gasteiger partial charge is 0.433 e. The predicted molar refractivity (Wildman–Crippen MR) is 102 cm³/mol. The minimum atomic E-state index is -4.40. The Hall–Kier alpha value is -2.12. The van der Waals surface area contributed by atoms with Crippen LogP contribution in [0.5, 0.6) is 0 Å². The van der Waals surface area contributed by atoms with Gasteiger partial charge in [-0.25, -0.2) is 0 Å². The number of cyclic esters (lactones) is 1. The van der Waals surface area contributed by atoms with Gasteiger partial charge in [0.05, 0.1) is 13.0 Å². The van der Waals surface area contributed by atoms with Crippen molar-refractivity contribution in [2.24, 2.45) is 17.3 Å². The Morgan fingerprint density at radius 2 is 1.93 bits per heavy atom. The van der Waals surface area contributed by atoms with Crippen molar-refractivity contribution in [3.05, 3.63) is 29.6 Å². The average Bonchev–Trinajstić information content (AvgIpc) is 3.10. The summed E-state index contributed by atoms with van der Waals surface area (Å²) >= 11 is 0. The molecule has 1 aliphatic carbocycles. The van der Waals surface area contributed by atoms with Crippen LogP contribution in [-0.2, 0) is 26.9 Å². The Morgan fingerprint density at radius 3 is 2.50 bits per heavy atom. The van der Waals surface area contributed by atoms with Crippen LogP contribution in [0.15, 0.2) is 18.3 Å². The van der Waals surface area contributed by atoms with Crippen LogP contribution in [0.25, 0.3) is 0 Å². The summed E-state index contributed by atoms with van der Waals surface area (Å²) in [6.45, 7) is 2.05. The highest BCUT2D eigenvalue weighted by atomic mass is 19.4. The lowest BCUT2D eigenvalue weighted by Crippen LogP contribution is -2.59. The molecule has 1 aromatic heterocycles. The molecule has 2 saturated heterocycles. The Morgan fingerprint density at radius 1 is 1.20 bits per heavy atom. The number of pyridine rings is 1. The largest absolute Gasteiger partial charge is 0.465 e. The number of esters is 1. The number of hydrogen-bond donors (Lipinski definition) is 0. The molecule has 0 N–H and O–H groups in total. The molecule has 1 saturated carbocycles. The Labute approximate surface area is 174 Å². The third-order valence-corrected chi connectivity index (χ3v) is 6.91. The van der Waals surface area contributed by atoms with Crippen molar-refractivity contribution in [1.29, 1.82) is 0 Å². The van der Waals surface area contributed by atoms with Crippen molar-refractivity contribution < 1.29 is 27.5 Å². The summed E-state index contributed by atoms with van der Waals surface area (Å²) in [5, 5.41) is 0. The van der Waals surface area contributed by atoms with Gasteiger partial charge in [0.1, 0.15) is 5.69 Å². The topological polar surface area (TPSA) is 59.5 Å². The molecule has 1 spiro atoms. The van der Waals surface area contributed by atoms with E-state index in [0.717, 1.165) is 56.8 Å². The maximum Gasteiger partial charge on any atom is 0.433 e. The molecule has 5 nitrogen and oxygen atoms in total. The quantitative estimate of drug-likeness (QED) is 0.671. The second-order valence-corrected chi connectivity index (χ2v) is 9.24. The molecule has 0 bridgehead atoms. The molecular weight excluding hydrogens is 397 g/mol. The molecule has 4 rings (SSSR count). The van der Waals surface area contributed by atoms with E-state index in [-0.39, 0.29) is 23.2 Å². The number of hydrogen-bond acceptors (Lipinski definition) is 4. The molecule has 1 atom stereocenters.